The van der Waals surface area contributed by atoms with Gasteiger partial charge >= 0.3 is 0 Å². The summed E-state index contributed by atoms with van der Waals surface area (Å²) in [5, 5.41) is -0.400. The molecule has 1 fully saturated rings. The summed E-state index contributed by atoms with van der Waals surface area (Å²) in [5.74, 6) is -0.947. The van der Waals surface area contributed by atoms with Gasteiger partial charge in [-0.3, -0.25) is 4.79 Å². The number of rotatable bonds is 3. The average molecular weight is 175 g/mol. The molecule has 0 aromatic heterocycles. The van der Waals surface area contributed by atoms with Crippen molar-refractivity contribution in [1.29, 1.82) is 0 Å². The molecule has 5 heteroatoms. The number of hydrogen-bond donors (Lipinski definition) is 1. The second kappa shape index (κ2) is 2.34. The molecule has 0 aromatic rings. The number of nitrogens with two attached hydrogens (primary N) is 1. The zero-order valence-corrected chi connectivity index (χ0v) is 6.73. The first-order chi connectivity index (χ1) is 4.96. The Kier molecular flexibility index (Phi) is 1.75. The second-order valence-corrected chi connectivity index (χ2v) is 4.78. The second-order valence-electron chi connectivity index (χ2n) is 2.53. The largest absolute Gasteiger partial charge is 0.365 e. The van der Waals surface area contributed by atoms with Crippen LogP contribution in [0.3, 0.4) is 0 Å². The van der Waals surface area contributed by atoms with Gasteiger partial charge in [-0.15, -0.1) is 0 Å². The SMILES string of the molecule is C=C(C(N)=O)S(=O)(=O)C1CC1. The van der Waals surface area contributed by atoms with E-state index < -0.39 is 25.9 Å². The van der Waals surface area contributed by atoms with E-state index in [4.69, 9.17) is 5.73 Å². The van der Waals surface area contributed by atoms with Crippen molar-refractivity contribution < 1.29 is 13.2 Å². The Balaban J connectivity index is 2.89. The molecule has 0 bridgehead atoms. The van der Waals surface area contributed by atoms with Crippen LogP contribution in [0.4, 0.5) is 0 Å². The lowest BCUT2D eigenvalue weighted by molar-refractivity contribution is -0.113. The van der Waals surface area contributed by atoms with Crippen molar-refractivity contribution in [2.24, 2.45) is 5.73 Å². The van der Waals surface area contributed by atoms with E-state index in [1.165, 1.54) is 0 Å². The molecule has 1 aliphatic rings. The lowest BCUT2D eigenvalue weighted by Crippen LogP contribution is -2.22. The van der Waals surface area contributed by atoms with Crippen LogP contribution in [0.2, 0.25) is 0 Å². The predicted molar refractivity (Wildman–Crippen MR) is 40.3 cm³/mol. The van der Waals surface area contributed by atoms with E-state index in [-0.39, 0.29) is 0 Å². The fourth-order valence-corrected chi connectivity index (χ4v) is 2.16. The van der Waals surface area contributed by atoms with Crippen LogP contribution in [0, 0.1) is 0 Å². The molecule has 0 spiro atoms. The van der Waals surface area contributed by atoms with Gasteiger partial charge in [-0.25, -0.2) is 8.42 Å². The summed E-state index contributed by atoms with van der Waals surface area (Å²) in [6, 6.07) is 0. The van der Waals surface area contributed by atoms with E-state index in [1.807, 2.05) is 0 Å². The molecule has 2 N–H and O–H groups in total. The third kappa shape index (κ3) is 1.42. The van der Waals surface area contributed by atoms with E-state index in [9.17, 15) is 13.2 Å². The lowest BCUT2D eigenvalue weighted by Gasteiger charge is -1.99. The minimum atomic E-state index is -3.43. The highest BCUT2D eigenvalue weighted by molar-refractivity contribution is 7.97. The van der Waals surface area contributed by atoms with Crippen molar-refractivity contribution in [3.8, 4) is 0 Å². The van der Waals surface area contributed by atoms with Crippen molar-refractivity contribution in [3.63, 3.8) is 0 Å². The molecule has 0 atom stereocenters. The minimum Gasteiger partial charge on any atom is -0.365 e. The molecular formula is C6H9NO3S. The van der Waals surface area contributed by atoms with E-state index in [2.05, 4.69) is 6.58 Å². The van der Waals surface area contributed by atoms with Crippen molar-refractivity contribution in [3.05, 3.63) is 11.5 Å². The molecule has 1 rings (SSSR count). The Morgan fingerprint density at radius 1 is 1.45 bits per heavy atom. The van der Waals surface area contributed by atoms with Crippen molar-refractivity contribution in [2.45, 2.75) is 18.1 Å². The molecule has 0 aromatic carbocycles. The van der Waals surface area contributed by atoms with Crippen LogP contribution in [-0.2, 0) is 14.6 Å². The molecular weight excluding hydrogens is 166 g/mol. The minimum absolute atomic E-state index is 0.400. The zero-order valence-electron chi connectivity index (χ0n) is 5.91. The predicted octanol–water partition coefficient (Wildman–Crippen LogP) is -0.437. The van der Waals surface area contributed by atoms with E-state index in [0.29, 0.717) is 12.8 Å². The maximum atomic E-state index is 11.1. The molecule has 11 heavy (non-hydrogen) atoms. The molecule has 0 radical (unpaired) electrons. The molecule has 1 aliphatic carbocycles. The summed E-state index contributed by atoms with van der Waals surface area (Å²) < 4.78 is 22.3. The van der Waals surface area contributed by atoms with Gasteiger partial charge < -0.3 is 5.73 Å². The van der Waals surface area contributed by atoms with Crippen molar-refractivity contribution in [2.75, 3.05) is 0 Å². The van der Waals surface area contributed by atoms with Gasteiger partial charge in [0.1, 0.15) is 4.91 Å². The van der Waals surface area contributed by atoms with Crippen molar-refractivity contribution >= 4 is 15.7 Å². The maximum absolute atomic E-state index is 11.1. The van der Waals surface area contributed by atoms with Gasteiger partial charge in [0.25, 0.3) is 5.91 Å². The highest BCUT2D eigenvalue weighted by atomic mass is 32.2. The van der Waals surface area contributed by atoms with Crippen LogP contribution < -0.4 is 5.73 Å². The molecule has 0 saturated heterocycles. The molecule has 4 nitrogen and oxygen atoms in total. The summed E-state index contributed by atoms with van der Waals surface area (Å²) in [6.07, 6.45) is 1.24. The summed E-state index contributed by atoms with van der Waals surface area (Å²) >= 11 is 0. The van der Waals surface area contributed by atoms with E-state index in [1.54, 1.807) is 0 Å². The van der Waals surface area contributed by atoms with Gasteiger partial charge in [-0.1, -0.05) is 6.58 Å². The maximum Gasteiger partial charge on any atom is 0.259 e. The number of primary amides is 1. The van der Waals surface area contributed by atoms with Crippen molar-refractivity contribution in [1.82, 2.24) is 0 Å². The molecule has 1 amide bonds. The van der Waals surface area contributed by atoms with Gasteiger partial charge in [0.05, 0.1) is 5.25 Å². The number of amides is 1. The quantitative estimate of drug-likeness (QED) is 0.591. The van der Waals surface area contributed by atoms with Crippen LogP contribution in [0.15, 0.2) is 11.5 Å². The van der Waals surface area contributed by atoms with E-state index >= 15 is 0 Å². The number of carbonyl (C=O) groups excluding carboxylic acids is 1. The fraction of sp³-hybridized carbons (Fsp3) is 0.500. The van der Waals surface area contributed by atoms with Gasteiger partial charge in [-0.2, -0.15) is 0 Å². The summed E-state index contributed by atoms with van der Waals surface area (Å²) in [6.45, 7) is 3.12. The number of carbonyl (C=O) groups is 1. The number of hydrogen-bond acceptors (Lipinski definition) is 3. The van der Waals surface area contributed by atoms with Gasteiger partial charge in [0.2, 0.25) is 0 Å². The third-order valence-electron chi connectivity index (χ3n) is 1.58. The van der Waals surface area contributed by atoms with Crippen LogP contribution in [0.5, 0.6) is 0 Å². The Morgan fingerprint density at radius 3 is 2.18 bits per heavy atom. The highest BCUT2D eigenvalue weighted by Crippen LogP contribution is 2.32. The van der Waals surface area contributed by atoms with Crippen LogP contribution in [-0.4, -0.2) is 19.6 Å². The number of sulfone groups is 1. The van der Waals surface area contributed by atoms with Crippen LogP contribution >= 0.6 is 0 Å². The highest BCUT2D eigenvalue weighted by Gasteiger charge is 2.39. The summed E-state index contributed by atoms with van der Waals surface area (Å²) in [7, 11) is -3.43. The first-order valence-electron chi connectivity index (χ1n) is 3.19. The molecule has 0 heterocycles. The lowest BCUT2D eigenvalue weighted by atomic mass is 10.6. The van der Waals surface area contributed by atoms with Gasteiger partial charge in [0.15, 0.2) is 9.84 Å². The Hall–Kier alpha value is -0.840. The molecule has 62 valence electrons. The Labute approximate surface area is 65.0 Å². The molecule has 1 saturated carbocycles. The monoisotopic (exact) mass is 175 g/mol. The summed E-state index contributed by atoms with van der Waals surface area (Å²) in [5.41, 5.74) is 4.77. The normalized spacial score (nSPS) is 17.8. The fourth-order valence-electron chi connectivity index (χ4n) is 0.720. The Morgan fingerprint density at radius 2 is 1.91 bits per heavy atom. The first-order valence-corrected chi connectivity index (χ1v) is 4.73. The standard InChI is InChI=1S/C6H9NO3S/c1-4(6(7)8)11(9,10)5-2-3-5/h5H,1-3H2,(H2,7,8). The third-order valence-corrected chi connectivity index (χ3v) is 3.82. The molecule has 0 aliphatic heterocycles. The molecule has 0 unspecified atom stereocenters. The smallest absolute Gasteiger partial charge is 0.259 e. The van der Waals surface area contributed by atoms with Crippen LogP contribution in [0.1, 0.15) is 12.8 Å². The first kappa shape index (κ1) is 8.26. The van der Waals surface area contributed by atoms with Crippen LogP contribution in [0.25, 0.3) is 0 Å². The summed E-state index contributed by atoms with van der Waals surface area (Å²) in [4.78, 5) is 9.96. The average Bonchev–Trinajstić information content (AvgIpc) is 2.66. The van der Waals surface area contributed by atoms with Gasteiger partial charge in [-0.05, 0) is 12.8 Å². The zero-order chi connectivity index (χ0) is 8.65. The van der Waals surface area contributed by atoms with Gasteiger partial charge in [0, 0.05) is 0 Å². The Bertz CT molecular complexity index is 300. The van der Waals surface area contributed by atoms with E-state index in [0.717, 1.165) is 0 Å². The topological polar surface area (TPSA) is 77.2 Å².